The molecule has 25 heteroatoms. The zero-order valence-corrected chi connectivity index (χ0v) is 65.4. The highest BCUT2D eigenvalue weighted by Gasteiger charge is 2.81. The maximum atomic E-state index is 12.8. The molecule has 5 spiro atoms. The number of benzene rings is 4. The van der Waals surface area contributed by atoms with Gasteiger partial charge in [0.05, 0.1) is 72.0 Å². The average molecular weight is 1570 g/mol. The van der Waals surface area contributed by atoms with Crippen LogP contribution in [0, 0.1) is 23.7 Å². The molecule has 8 saturated carbocycles. The monoisotopic (exact) mass is 1570 g/mol. The molecule has 14 fully saturated rings. The van der Waals surface area contributed by atoms with Gasteiger partial charge in [0.25, 0.3) is 0 Å². The number of aliphatic hydroxyl groups is 7. The Kier molecular flexibility index (Phi) is 16.0. The number of fused-ring (bicyclic) bond motifs is 2. The highest BCUT2D eigenvalue weighted by Crippen LogP contribution is 2.72. The molecule has 22 aliphatic rings. The summed E-state index contributed by atoms with van der Waals surface area (Å²) in [4.78, 5) is 48.4. The molecule has 10 aliphatic heterocycles. The largest absolute Gasteiger partial charge is 0.504 e. The molecule has 6 saturated heterocycles. The Morgan fingerprint density at radius 3 is 1.16 bits per heavy atom. The molecule has 25 nitrogen and oxygen atoms in total. The molecule has 8 N–H and O–H groups in total. The minimum atomic E-state index is -1.30. The van der Waals surface area contributed by atoms with E-state index in [0.29, 0.717) is 104 Å². The van der Waals surface area contributed by atoms with Crippen LogP contribution in [-0.4, -0.2) is 266 Å². The molecule has 4 aromatic carbocycles. The van der Waals surface area contributed by atoms with E-state index in [9.17, 15) is 55.2 Å². The van der Waals surface area contributed by atoms with Crippen molar-refractivity contribution >= 4 is 17.3 Å². The lowest BCUT2D eigenvalue weighted by Gasteiger charge is -2.65. The number of likely N-dealkylation sites (tertiary alicyclic amines) is 4. The van der Waals surface area contributed by atoms with Crippen molar-refractivity contribution in [2.24, 2.45) is 23.7 Å². The average Bonchev–Trinajstić information content (AvgIpc) is 1.42. The van der Waals surface area contributed by atoms with E-state index in [1.807, 2.05) is 24.3 Å². The predicted octanol–water partition coefficient (Wildman–Crippen LogP) is 4.99. The Labute approximate surface area is 662 Å². The number of Topliss-reactive ketones (excluding diaryl/α,β-unsaturated/α-hetero) is 3. The summed E-state index contributed by atoms with van der Waals surface area (Å²) in [5.74, 6) is 6.68. The SMILES string of the molecule is COc1ccc2c3c1OC1C(=O)CC[C@@]4(O)[C@@H](C2)N(CC2CC2)CC[C@]314.COc1ccc2c3c1OC1C(=O)CC[C@@]4(O)[C@@H](C2)N(CC2CC2)CC[C@]314.COc1ccc2c3c1OC1[C@]4(CC[C@@]5(O)[C@@H](C2)N(CC2CC2)CC[C@]315)OC1O[C@H](CO)[C@@H](O)[C@H](O)C1O4.O=C1CC[C@@]2(O)[C@H]3Cc4ccc(O)c5c4[C@@]2(CCN3CC2CC2)C1O5. The third-order valence-corrected chi connectivity index (χ3v) is 33.5. The van der Waals surface area contributed by atoms with Gasteiger partial charge in [0.1, 0.15) is 24.4 Å². The molecule has 8 bridgehead atoms. The standard InChI is InChI=1S/C27H35NO9.2C21H25NO4.C20H23NO4/c1-33-15-5-4-14-10-17-26(32)6-7-27(36-22-20(31)19(30)16(12-29)34-23(22)37-27)24-25(26,18(14)21(15)35-24)8-9-28(17)11-13-2-3-13;2*1-25-15-5-4-13-10-16-21(24)7-6-14(23)19-20(21,17(13)18(15)26-19)8-9-22(16)11-12-2-3-12;22-13-4-3-12-9-15-20(24)6-5-14(23)18-19(20,16(12)17(13)25-18)7-8-21(15)10-11-1-2-11/h4-5,13,16-17,19-20,22-24,29-32H,2-3,6-12H2,1H3;2*4-5,12,16,19,24H,2-3,6-11H2,1H3;3-4,11,15,18,22,24H,1-2,5-10H2/t16-,17-,19-,20+,22?,23?,24?,25+,26-,27+;2*16-,19?,20+,21-;15-,18?,19+,20-/m1111/s1. The van der Waals surface area contributed by atoms with Crippen LogP contribution in [0.4, 0.5) is 0 Å². The van der Waals surface area contributed by atoms with Crippen LogP contribution < -0.4 is 33.2 Å². The fourth-order valence-corrected chi connectivity index (χ4v) is 27.7. The van der Waals surface area contributed by atoms with Crippen molar-refractivity contribution in [3.63, 3.8) is 0 Å². The van der Waals surface area contributed by atoms with E-state index >= 15 is 0 Å². The van der Waals surface area contributed by atoms with Gasteiger partial charge in [-0.2, -0.15) is 0 Å². The number of hydrogen-bond donors (Lipinski definition) is 8. The van der Waals surface area contributed by atoms with E-state index in [-0.39, 0.29) is 47.3 Å². The predicted molar refractivity (Wildman–Crippen MR) is 405 cm³/mol. The molecule has 10 heterocycles. The summed E-state index contributed by atoms with van der Waals surface area (Å²) < 4.78 is 60.9. The summed E-state index contributed by atoms with van der Waals surface area (Å²) in [5.41, 5.74) is 2.43. The summed E-state index contributed by atoms with van der Waals surface area (Å²) in [7, 11) is 4.89. The Morgan fingerprint density at radius 1 is 0.421 bits per heavy atom. The third kappa shape index (κ3) is 9.43. The van der Waals surface area contributed by atoms with Gasteiger partial charge in [0.2, 0.25) is 5.79 Å². The summed E-state index contributed by atoms with van der Waals surface area (Å²) in [6.07, 6.45) is 12.2. The molecular weight excluding hydrogens is 1460 g/mol. The number of methoxy groups -OCH3 is 3. The maximum Gasteiger partial charge on any atom is 0.210 e. The van der Waals surface area contributed by atoms with E-state index in [1.165, 1.54) is 62.5 Å². The number of ketones is 3. The zero-order valence-electron chi connectivity index (χ0n) is 65.4. The van der Waals surface area contributed by atoms with Crippen LogP contribution in [0.1, 0.15) is 173 Å². The lowest BCUT2D eigenvalue weighted by atomic mass is 9.48. The van der Waals surface area contributed by atoms with Crippen LogP contribution in [-0.2, 0) is 75.9 Å². The Balaban J connectivity index is 0.0000000914. The van der Waals surface area contributed by atoms with Crippen molar-refractivity contribution in [3.8, 4) is 46.0 Å². The lowest BCUT2D eigenvalue weighted by molar-refractivity contribution is -0.317. The van der Waals surface area contributed by atoms with E-state index < -0.39 is 112 Å². The van der Waals surface area contributed by atoms with Gasteiger partial charge in [-0.1, -0.05) is 24.3 Å². The number of piperidine rings is 4. The normalized spacial score (nSPS) is 43.5. The summed E-state index contributed by atoms with van der Waals surface area (Å²) in [6.45, 7) is 7.39. The minimum absolute atomic E-state index is 0.0387. The van der Waals surface area contributed by atoms with Crippen LogP contribution in [0.5, 0.6) is 46.0 Å². The van der Waals surface area contributed by atoms with Crippen molar-refractivity contribution in [1.29, 1.82) is 0 Å². The first-order valence-corrected chi connectivity index (χ1v) is 43.1. The summed E-state index contributed by atoms with van der Waals surface area (Å²) in [5, 5.41) is 90.2. The number of phenolic OH excluding ortho intramolecular Hbond substituents is 1. The van der Waals surface area contributed by atoms with E-state index in [4.69, 9.17) is 47.4 Å². The van der Waals surface area contributed by atoms with Crippen LogP contribution >= 0.6 is 0 Å². The fourth-order valence-electron chi connectivity index (χ4n) is 27.7. The highest BCUT2D eigenvalue weighted by molar-refractivity contribution is 5.92. The number of rotatable bonds is 12. The first kappa shape index (κ1) is 72.9. The van der Waals surface area contributed by atoms with Crippen molar-refractivity contribution in [2.45, 2.75) is 283 Å². The Bertz CT molecular complexity index is 4590. The molecule has 4 aromatic rings. The first-order valence-electron chi connectivity index (χ1n) is 43.1. The number of nitrogens with zero attached hydrogens (tertiary/aromatic N) is 4. The summed E-state index contributed by atoms with van der Waals surface area (Å²) >= 11 is 0. The van der Waals surface area contributed by atoms with E-state index in [2.05, 4.69) is 37.8 Å². The second-order valence-corrected chi connectivity index (χ2v) is 38.7. The molecule has 0 radical (unpaired) electrons. The molecule has 114 heavy (non-hydrogen) atoms. The van der Waals surface area contributed by atoms with Gasteiger partial charge in [0, 0.05) is 98.3 Å². The molecular formula is C89H108N4O21. The number of hydrogen-bond acceptors (Lipinski definition) is 25. The maximum absolute atomic E-state index is 12.8. The second-order valence-electron chi connectivity index (χ2n) is 38.7. The van der Waals surface area contributed by atoms with Crippen molar-refractivity contribution < 1.29 is 103 Å². The molecule has 0 aromatic heterocycles. The number of ether oxygens (including phenoxy) is 10. The van der Waals surface area contributed by atoms with Crippen molar-refractivity contribution in [1.82, 2.24) is 19.6 Å². The minimum Gasteiger partial charge on any atom is -0.504 e. The van der Waals surface area contributed by atoms with E-state index in [0.717, 1.165) is 148 Å². The highest BCUT2D eigenvalue weighted by atomic mass is 16.8. The number of aliphatic hydroxyl groups excluding tert-OH is 3. The number of carbonyl (C=O) groups excluding carboxylic acids is 3. The molecule has 26 rings (SSSR count). The van der Waals surface area contributed by atoms with Gasteiger partial charge in [0.15, 0.2) is 94.1 Å². The van der Waals surface area contributed by atoms with Gasteiger partial charge < -0.3 is 88.2 Å². The van der Waals surface area contributed by atoms with Crippen molar-refractivity contribution in [3.05, 3.63) is 93.0 Å². The summed E-state index contributed by atoms with van der Waals surface area (Å²) in [6, 6.07) is 16.0. The van der Waals surface area contributed by atoms with Crippen molar-refractivity contribution in [2.75, 3.05) is 80.3 Å². The molecule has 22 atom stereocenters. The van der Waals surface area contributed by atoms with Crippen LogP contribution in [0.2, 0.25) is 0 Å². The van der Waals surface area contributed by atoms with E-state index in [1.54, 1.807) is 27.4 Å². The van der Waals surface area contributed by atoms with Gasteiger partial charge in [-0.3, -0.25) is 34.0 Å². The van der Waals surface area contributed by atoms with Gasteiger partial charge in [-0.05, 0) is 225 Å². The number of phenols is 1. The number of carbonyl (C=O) groups is 3. The first-order chi connectivity index (χ1) is 55.1. The van der Waals surface area contributed by atoms with Crippen LogP contribution in [0.25, 0.3) is 0 Å². The lowest BCUT2D eigenvalue weighted by Crippen LogP contribution is -2.79. The second kappa shape index (κ2) is 24.9. The number of aromatic hydroxyl groups is 1. The van der Waals surface area contributed by atoms with Gasteiger partial charge >= 0.3 is 0 Å². The van der Waals surface area contributed by atoms with Gasteiger partial charge in [-0.25, -0.2) is 0 Å². The Morgan fingerprint density at radius 2 is 0.772 bits per heavy atom. The molecule has 12 aliphatic carbocycles. The zero-order chi connectivity index (χ0) is 77.7. The van der Waals surface area contributed by atoms with Crippen LogP contribution in [0.3, 0.4) is 0 Å². The van der Waals surface area contributed by atoms with Crippen LogP contribution in [0.15, 0.2) is 48.5 Å². The quantitative estimate of drug-likeness (QED) is 0.0926. The smallest absolute Gasteiger partial charge is 0.210 e. The molecule has 0 amide bonds. The molecule has 6 unspecified atom stereocenters. The topological polar surface area (TPSA) is 318 Å². The Hall–Kier alpha value is -6.27. The fraction of sp³-hybridized carbons (Fsp3) is 0.697. The third-order valence-electron chi connectivity index (χ3n) is 33.5. The molecule has 610 valence electrons. The van der Waals surface area contributed by atoms with Gasteiger partial charge in [-0.15, -0.1) is 0 Å².